The van der Waals surface area contributed by atoms with E-state index in [0.717, 1.165) is 22.4 Å². The summed E-state index contributed by atoms with van der Waals surface area (Å²) in [7, 11) is 0. The number of carbonyl (C=O) groups is 2. The maximum atomic E-state index is 12.5. The molecule has 3 rings (SSSR count). The highest BCUT2D eigenvalue weighted by atomic mass is 32.2. The molecule has 2 amide bonds. The quantitative estimate of drug-likeness (QED) is 0.473. The molecule has 1 fully saturated rings. The first-order valence-electron chi connectivity index (χ1n) is 7.36. The van der Waals surface area contributed by atoms with Crippen LogP contribution >= 0.6 is 11.8 Å². The molecule has 0 aliphatic carbocycles. The minimum Gasteiger partial charge on any atom is -0.268 e. The number of carbonyl (C=O) groups excluding carboxylic acids is 2. The normalized spacial score (nSPS) is 15.9. The van der Waals surface area contributed by atoms with Crippen LogP contribution in [0.4, 0.5) is 10.5 Å². The number of amides is 2. The second-order valence-corrected chi connectivity index (χ2v) is 6.39. The number of nitro groups is 1. The molecule has 25 heavy (non-hydrogen) atoms. The van der Waals surface area contributed by atoms with Gasteiger partial charge < -0.3 is 0 Å². The van der Waals surface area contributed by atoms with E-state index in [4.69, 9.17) is 0 Å². The van der Waals surface area contributed by atoms with Gasteiger partial charge in [0.25, 0.3) is 16.8 Å². The largest absolute Gasteiger partial charge is 0.293 e. The molecule has 1 aliphatic rings. The molecule has 2 aromatic rings. The van der Waals surface area contributed by atoms with E-state index in [2.05, 4.69) is 4.98 Å². The zero-order valence-electron chi connectivity index (χ0n) is 13.2. The summed E-state index contributed by atoms with van der Waals surface area (Å²) in [5, 5.41) is 10.3. The Morgan fingerprint density at radius 1 is 1.20 bits per heavy atom. The fourth-order valence-corrected chi connectivity index (χ4v) is 3.14. The van der Waals surface area contributed by atoms with Gasteiger partial charge >= 0.3 is 0 Å². The van der Waals surface area contributed by atoms with E-state index in [1.165, 1.54) is 24.3 Å². The minimum atomic E-state index is -0.499. The number of nitrogens with zero attached hydrogens (tertiary/aromatic N) is 3. The number of aromatic nitrogens is 1. The lowest BCUT2D eigenvalue weighted by molar-refractivity contribution is -0.384. The van der Waals surface area contributed by atoms with Gasteiger partial charge in [-0.25, -0.2) is 0 Å². The molecule has 1 saturated heterocycles. The summed E-state index contributed by atoms with van der Waals surface area (Å²) in [4.78, 5) is 40.5. The number of pyridine rings is 1. The molecule has 0 saturated carbocycles. The summed E-state index contributed by atoms with van der Waals surface area (Å²) >= 11 is 0.860. The van der Waals surface area contributed by atoms with Gasteiger partial charge in [-0.15, -0.1) is 0 Å². The average molecular weight is 355 g/mol. The first-order valence-corrected chi connectivity index (χ1v) is 8.18. The molecule has 0 radical (unpaired) electrons. The number of hydrogen-bond donors (Lipinski definition) is 0. The molecule has 8 heteroatoms. The lowest BCUT2D eigenvalue weighted by Gasteiger charge is -2.12. The van der Waals surface area contributed by atoms with Crippen molar-refractivity contribution in [2.45, 2.75) is 13.5 Å². The van der Waals surface area contributed by atoms with Crippen LogP contribution < -0.4 is 0 Å². The molecule has 1 aromatic heterocycles. The Hall–Kier alpha value is -3.00. The molecule has 126 valence electrons. The van der Waals surface area contributed by atoms with E-state index >= 15 is 0 Å². The fraction of sp³-hybridized carbons (Fsp3) is 0.118. The number of rotatable bonds is 4. The topological polar surface area (TPSA) is 93.4 Å². The highest BCUT2D eigenvalue weighted by Gasteiger charge is 2.35. The number of nitro benzene ring substituents is 1. The van der Waals surface area contributed by atoms with Crippen molar-refractivity contribution in [3.05, 3.63) is 74.4 Å². The van der Waals surface area contributed by atoms with Crippen LogP contribution in [0.25, 0.3) is 6.08 Å². The molecule has 2 heterocycles. The molecule has 0 spiro atoms. The average Bonchev–Trinajstić information content (AvgIpc) is 2.83. The van der Waals surface area contributed by atoms with Crippen molar-refractivity contribution in [3.63, 3.8) is 0 Å². The Morgan fingerprint density at radius 2 is 1.92 bits per heavy atom. The molecule has 0 bridgehead atoms. The molecule has 0 N–H and O–H groups in total. The van der Waals surface area contributed by atoms with Gasteiger partial charge in [0.1, 0.15) is 0 Å². The van der Waals surface area contributed by atoms with Crippen molar-refractivity contribution in [2.75, 3.05) is 0 Å². The lowest BCUT2D eigenvalue weighted by Crippen LogP contribution is -2.27. The van der Waals surface area contributed by atoms with Gasteiger partial charge in [-0.2, -0.15) is 0 Å². The Bertz CT molecular complexity index is 893. The second-order valence-electron chi connectivity index (χ2n) is 5.40. The van der Waals surface area contributed by atoms with Gasteiger partial charge in [0.15, 0.2) is 0 Å². The third kappa shape index (κ3) is 3.74. The minimum absolute atomic E-state index is 0.0386. The summed E-state index contributed by atoms with van der Waals surface area (Å²) < 4.78 is 0. The molecule has 1 aromatic carbocycles. The maximum Gasteiger partial charge on any atom is 0.293 e. The van der Waals surface area contributed by atoms with Crippen LogP contribution in [-0.2, 0) is 11.3 Å². The third-order valence-corrected chi connectivity index (χ3v) is 4.46. The fourth-order valence-electron chi connectivity index (χ4n) is 2.32. The van der Waals surface area contributed by atoms with Crippen LogP contribution in [-0.4, -0.2) is 26.0 Å². The van der Waals surface area contributed by atoms with Crippen LogP contribution in [0.2, 0.25) is 0 Å². The van der Waals surface area contributed by atoms with Gasteiger partial charge in [0.2, 0.25) is 0 Å². The Morgan fingerprint density at radius 3 is 2.56 bits per heavy atom. The molecular weight excluding hydrogens is 342 g/mol. The van der Waals surface area contributed by atoms with Crippen molar-refractivity contribution in [1.82, 2.24) is 9.88 Å². The third-order valence-electron chi connectivity index (χ3n) is 3.55. The van der Waals surface area contributed by atoms with Crippen molar-refractivity contribution in [3.8, 4) is 0 Å². The Labute approximate surface area is 147 Å². The lowest BCUT2D eigenvalue weighted by atomic mass is 10.2. The summed E-state index contributed by atoms with van der Waals surface area (Å²) in [5.41, 5.74) is 2.03. The molecule has 7 nitrogen and oxygen atoms in total. The van der Waals surface area contributed by atoms with E-state index in [9.17, 15) is 19.7 Å². The summed E-state index contributed by atoms with van der Waals surface area (Å²) in [6.07, 6.45) is 1.59. The first kappa shape index (κ1) is 16.8. The Balaban J connectivity index is 1.78. The maximum absolute atomic E-state index is 12.5. The molecule has 0 unspecified atom stereocenters. The predicted octanol–water partition coefficient (Wildman–Crippen LogP) is 3.53. The standard InChI is InChI=1S/C17H13N3O4S/c1-11-3-2-4-13(18-11)9-15-16(21)19(17(22)25-15)10-12-5-7-14(8-6-12)20(23)24/h2-9H,10H2,1H3/b15-9+. The van der Waals surface area contributed by atoms with E-state index in [1.54, 1.807) is 12.1 Å². The summed E-state index contributed by atoms with van der Waals surface area (Å²) in [6.45, 7) is 1.92. The SMILES string of the molecule is Cc1cccc(/C=C2/SC(=O)N(Cc3ccc([N+](=O)[O-])cc3)C2=O)n1. The smallest absolute Gasteiger partial charge is 0.268 e. The van der Waals surface area contributed by atoms with E-state index in [1.807, 2.05) is 19.1 Å². The Kier molecular flexibility index (Phi) is 4.62. The van der Waals surface area contributed by atoms with Gasteiger partial charge in [-0.3, -0.25) is 29.6 Å². The number of thioether (sulfide) groups is 1. The summed E-state index contributed by atoms with van der Waals surface area (Å²) in [5.74, 6) is -0.392. The highest BCUT2D eigenvalue weighted by molar-refractivity contribution is 8.18. The predicted molar refractivity (Wildman–Crippen MR) is 93.6 cm³/mol. The number of imide groups is 1. The first-order chi connectivity index (χ1) is 11.9. The van der Waals surface area contributed by atoms with E-state index in [-0.39, 0.29) is 17.5 Å². The molecular formula is C17H13N3O4S. The van der Waals surface area contributed by atoms with Gasteiger partial charge in [-0.1, -0.05) is 18.2 Å². The number of hydrogen-bond acceptors (Lipinski definition) is 6. The van der Waals surface area contributed by atoms with Crippen molar-refractivity contribution < 1.29 is 14.5 Å². The van der Waals surface area contributed by atoms with E-state index in [0.29, 0.717) is 16.2 Å². The number of benzene rings is 1. The van der Waals surface area contributed by atoms with Crippen LogP contribution in [0.3, 0.4) is 0 Å². The summed E-state index contributed by atoms with van der Waals surface area (Å²) in [6, 6.07) is 11.2. The second kappa shape index (κ2) is 6.86. The molecule has 0 atom stereocenters. The zero-order chi connectivity index (χ0) is 18.0. The van der Waals surface area contributed by atoms with E-state index < -0.39 is 10.8 Å². The van der Waals surface area contributed by atoms with Crippen molar-refractivity contribution in [1.29, 1.82) is 0 Å². The molecule has 1 aliphatic heterocycles. The number of non-ortho nitro benzene ring substituents is 1. The van der Waals surface area contributed by atoms with Crippen LogP contribution in [0.5, 0.6) is 0 Å². The van der Waals surface area contributed by atoms with Crippen LogP contribution in [0, 0.1) is 17.0 Å². The van der Waals surface area contributed by atoms with Crippen molar-refractivity contribution >= 4 is 34.7 Å². The van der Waals surface area contributed by atoms with Gasteiger partial charge in [0, 0.05) is 17.8 Å². The monoisotopic (exact) mass is 355 g/mol. The van der Waals surface area contributed by atoms with Gasteiger partial charge in [-0.05, 0) is 42.5 Å². The highest BCUT2D eigenvalue weighted by Crippen LogP contribution is 2.33. The van der Waals surface area contributed by atoms with Gasteiger partial charge in [0.05, 0.1) is 22.1 Å². The van der Waals surface area contributed by atoms with Crippen LogP contribution in [0.1, 0.15) is 17.0 Å². The van der Waals surface area contributed by atoms with Crippen molar-refractivity contribution in [2.24, 2.45) is 0 Å². The zero-order valence-corrected chi connectivity index (χ0v) is 14.0. The van der Waals surface area contributed by atoms with Crippen LogP contribution in [0.15, 0.2) is 47.4 Å². The number of aryl methyl sites for hydroxylation is 1.